The van der Waals surface area contributed by atoms with Crippen molar-refractivity contribution in [1.29, 1.82) is 0 Å². The third kappa shape index (κ3) is 5.74. The monoisotopic (exact) mass is 137 g/mol. The van der Waals surface area contributed by atoms with Gasteiger partial charge in [-0.15, -0.1) is 0 Å². The lowest BCUT2D eigenvalue weighted by atomic mass is 10.7. The normalized spacial score (nSPS) is 9.12. The zero-order chi connectivity index (χ0) is 6.41. The number of hydrogen-bond donors (Lipinski definition) is 3. The van der Waals surface area contributed by atoms with Gasteiger partial charge in [-0.05, 0) is 0 Å². The summed E-state index contributed by atoms with van der Waals surface area (Å²) in [6.07, 6.45) is 0. The molecule has 0 fully saturated rings. The molecule has 48 valence electrons. The first-order valence-electron chi connectivity index (χ1n) is 1.94. The Morgan fingerprint density at radius 1 is 1.75 bits per heavy atom. The molecule has 0 rings (SSSR count). The zero-order valence-corrected chi connectivity index (χ0v) is 4.94. The average molecular weight is 137 g/mol. The van der Waals surface area contributed by atoms with Gasteiger partial charge in [-0.3, -0.25) is 9.52 Å². The molecule has 0 aromatic heterocycles. The molecule has 5 heteroatoms. The van der Waals surface area contributed by atoms with Crippen molar-refractivity contribution in [3.8, 4) is 0 Å². The highest BCUT2D eigenvalue weighted by molar-refractivity contribution is 7.97. The Bertz CT molecular complexity index is 76.9. The molecule has 0 radical (unpaired) electrons. The smallest absolute Gasteiger partial charge is 0.318 e. The van der Waals surface area contributed by atoms with Gasteiger partial charge in [0.25, 0.3) is 0 Å². The molecule has 0 aliphatic carbocycles. The molecule has 8 heavy (non-hydrogen) atoms. The van der Waals surface area contributed by atoms with Crippen LogP contribution in [0.1, 0.15) is 0 Å². The van der Waals surface area contributed by atoms with E-state index in [1.54, 1.807) is 0 Å². The van der Waals surface area contributed by atoms with Gasteiger partial charge in [0.2, 0.25) is 0 Å². The van der Waals surface area contributed by atoms with Gasteiger partial charge in [0.05, 0.1) is 0 Å². The maximum Gasteiger partial charge on any atom is 0.318 e. The van der Waals surface area contributed by atoms with Crippen molar-refractivity contribution in [2.75, 3.05) is 12.5 Å². The van der Waals surface area contributed by atoms with Gasteiger partial charge in [-0.25, -0.2) is 0 Å². The Morgan fingerprint density at radius 2 is 2.38 bits per heavy atom. The summed E-state index contributed by atoms with van der Waals surface area (Å²) in [5.41, 5.74) is 0. The predicted molar refractivity (Wildman–Crippen MR) is 30.3 cm³/mol. The van der Waals surface area contributed by atoms with E-state index in [0.717, 1.165) is 11.9 Å². The number of aliphatic carboxylic acids is 1. The van der Waals surface area contributed by atoms with Gasteiger partial charge in [-0.2, -0.15) is 0 Å². The second-order valence-electron chi connectivity index (χ2n) is 0.988. The van der Waals surface area contributed by atoms with E-state index in [0.29, 0.717) is 0 Å². The lowest BCUT2D eigenvalue weighted by Gasteiger charge is -1.93. The first kappa shape index (κ1) is 7.74. The minimum absolute atomic E-state index is 0.104. The summed E-state index contributed by atoms with van der Waals surface area (Å²) in [7, 11) is 0. The molecule has 3 N–H and O–H groups in total. The van der Waals surface area contributed by atoms with Crippen LogP contribution in [0.3, 0.4) is 0 Å². The van der Waals surface area contributed by atoms with E-state index in [1.807, 2.05) is 0 Å². The van der Waals surface area contributed by atoms with Crippen LogP contribution < -0.4 is 4.72 Å². The van der Waals surface area contributed by atoms with Crippen molar-refractivity contribution in [2.45, 2.75) is 0 Å². The highest BCUT2D eigenvalue weighted by Gasteiger charge is 1.91. The van der Waals surface area contributed by atoms with Crippen molar-refractivity contribution in [1.82, 2.24) is 4.72 Å². The molecule has 0 amide bonds. The number of carboxylic acids is 1. The lowest BCUT2D eigenvalue weighted by Crippen LogP contribution is -2.15. The SMILES string of the molecule is O=C(O)CNSCO. The Kier molecular flexibility index (Phi) is 4.73. The summed E-state index contributed by atoms with van der Waals surface area (Å²) in [4.78, 5) is 9.72. The molecule has 0 saturated heterocycles. The van der Waals surface area contributed by atoms with Crippen molar-refractivity contribution >= 4 is 17.9 Å². The van der Waals surface area contributed by atoms with Crippen LogP contribution in [0.25, 0.3) is 0 Å². The van der Waals surface area contributed by atoms with Crippen molar-refractivity contribution in [3.05, 3.63) is 0 Å². The number of carbonyl (C=O) groups is 1. The summed E-state index contributed by atoms with van der Waals surface area (Å²) in [6.45, 7) is -0.120. The Labute approximate surface area is 51.0 Å². The van der Waals surface area contributed by atoms with Crippen LogP contribution in [-0.2, 0) is 4.79 Å². The highest BCUT2D eigenvalue weighted by Crippen LogP contribution is 1.84. The molecule has 0 aromatic carbocycles. The molecule has 0 unspecified atom stereocenters. The first-order valence-corrected chi connectivity index (χ1v) is 2.93. The maximum atomic E-state index is 9.72. The van der Waals surface area contributed by atoms with Crippen molar-refractivity contribution < 1.29 is 15.0 Å². The van der Waals surface area contributed by atoms with Crippen LogP contribution in [-0.4, -0.2) is 28.7 Å². The fourth-order valence-electron chi connectivity index (χ4n) is 0.158. The fraction of sp³-hybridized carbons (Fsp3) is 0.667. The molecule has 0 aliphatic heterocycles. The average Bonchev–Trinajstić information content (AvgIpc) is 1.66. The van der Waals surface area contributed by atoms with E-state index in [2.05, 4.69) is 4.72 Å². The summed E-state index contributed by atoms with van der Waals surface area (Å²) in [5, 5.41) is 16.1. The topological polar surface area (TPSA) is 69.6 Å². The van der Waals surface area contributed by atoms with E-state index in [1.165, 1.54) is 0 Å². The highest BCUT2D eigenvalue weighted by atomic mass is 32.2. The molecule has 0 aliphatic rings. The summed E-state index contributed by atoms with van der Waals surface area (Å²) >= 11 is 0.961. The summed E-state index contributed by atoms with van der Waals surface area (Å²) in [5.74, 6) is -1.03. The minimum atomic E-state index is -0.925. The van der Waals surface area contributed by atoms with Crippen molar-refractivity contribution in [2.24, 2.45) is 0 Å². The number of rotatable bonds is 4. The molecule has 4 nitrogen and oxygen atoms in total. The Balaban J connectivity index is 2.82. The second-order valence-corrected chi connectivity index (χ2v) is 1.82. The first-order chi connectivity index (χ1) is 3.77. The molecule has 0 bridgehead atoms. The second kappa shape index (κ2) is 4.89. The predicted octanol–water partition coefficient (Wildman–Crippen LogP) is -0.741. The summed E-state index contributed by atoms with van der Waals surface area (Å²) in [6, 6.07) is 0. The van der Waals surface area contributed by atoms with Crippen molar-refractivity contribution in [3.63, 3.8) is 0 Å². The van der Waals surface area contributed by atoms with Crippen LogP contribution in [0.2, 0.25) is 0 Å². The largest absolute Gasteiger partial charge is 0.480 e. The Morgan fingerprint density at radius 3 is 2.75 bits per heavy atom. The molecule has 0 atom stereocenters. The maximum absolute atomic E-state index is 9.72. The van der Waals surface area contributed by atoms with E-state index < -0.39 is 5.97 Å². The van der Waals surface area contributed by atoms with Gasteiger partial charge in [-0.1, -0.05) is 11.9 Å². The van der Waals surface area contributed by atoms with Crippen LogP contribution >= 0.6 is 11.9 Å². The van der Waals surface area contributed by atoms with Gasteiger partial charge in [0.1, 0.15) is 12.5 Å². The number of aliphatic hydroxyl groups excluding tert-OH is 1. The minimum Gasteiger partial charge on any atom is -0.480 e. The lowest BCUT2D eigenvalue weighted by molar-refractivity contribution is -0.135. The van der Waals surface area contributed by atoms with Crippen LogP contribution in [0, 0.1) is 0 Å². The van der Waals surface area contributed by atoms with E-state index in [-0.39, 0.29) is 12.5 Å². The van der Waals surface area contributed by atoms with E-state index in [4.69, 9.17) is 10.2 Å². The quantitative estimate of drug-likeness (QED) is 0.270. The van der Waals surface area contributed by atoms with Gasteiger partial charge < -0.3 is 10.2 Å². The number of hydrogen-bond acceptors (Lipinski definition) is 4. The molecule has 0 saturated carbocycles. The van der Waals surface area contributed by atoms with E-state index >= 15 is 0 Å². The molecule has 0 heterocycles. The third-order valence-corrected chi connectivity index (χ3v) is 0.868. The van der Waals surface area contributed by atoms with E-state index in [9.17, 15) is 4.79 Å². The molecule has 0 spiro atoms. The third-order valence-electron chi connectivity index (χ3n) is 0.390. The van der Waals surface area contributed by atoms with Gasteiger partial charge >= 0.3 is 5.97 Å². The van der Waals surface area contributed by atoms with Crippen LogP contribution in [0.4, 0.5) is 0 Å². The number of nitrogens with one attached hydrogen (secondary N) is 1. The molecular formula is C3H7NO3S. The van der Waals surface area contributed by atoms with Crippen LogP contribution in [0.5, 0.6) is 0 Å². The van der Waals surface area contributed by atoms with Gasteiger partial charge in [0, 0.05) is 0 Å². The van der Waals surface area contributed by atoms with Crippen LogP contribution in [0.15, 0.2) is 0 Å². The molecule has 0 aromatic rings. The zero-order valence-electron chi connectivity index (χ0n) is 4.13. The number of aliphatic hydroxyl groups is 1. The number of carboxylic acid groups (broad SMARTS) is 1. The summed E-state index contributed by atoms with van der Waals surface area (Å²) < 4.78 is 2.40. The van der Waals surface area contributed by atoms with Gasteiger partial charge in [0.15, 0.2) is 0 Å². The molecular weight excluding hydrogens is 130 g/mol. The fourth-order valence-corrected chi connectivity index (χ4v) is 0.475. The standard InChI is InChI=1S/C3H7NO3S/c5-2-8-4-1-3(6)7/h4-5H,1-2H2,(H,6,7). The Hall–Kier alpha value is -0.260.